The number of para-hydroxylation sites is 1. The van der Waals surface area contributed by atoms with E-state index in [0.29, 0.717) is 18.8 Å². The fourth-order valence-electron chi connectivity index (χ4n) is 3.14. The molecule has 2 heterocycles. The third kappa shape index (κ3) is 4.68. The molecule has 2 aromatic heterocycles. The van der Waals surface area contributed by atoms with Gasteiger partial charge in [0.1, 0.15) is 0 Å². The Morgan fingerprint density at radius 1 is 1.10 bits per heavy atom. The summed E-state index contributed by atoms with van der Waals surface area (Å²) in [7, 11) is 0. The number of amides is 1. The topological polar surface area (TPSA) is 51.0 Å². The highest BCUT2D eigenvalue weighted by atomic mass is 32.2. The molecule has 29 heavy (non-hydrogen) atoms. The molecule has 0 saturated carbocycles. The number of aromatic nitrogens is 3. The predicted octanol–water partition coefficient (Wildman–Crippen LogP) is 4.94. The maximum atomic E-state index is 13.1. The molecule has 5 nitrogen and oxygen atoms in total. The van der Waals surface area contributed by atoms with Gasteiger partial charge in [-0.2, -0.15) is 5.10 Å². The van der Waals surface area contributed by atoms with E-state index in [1.165, 1.54) is 0 Å². The molecule has 0 aliphatic carbocycles. The highest BCUT2D eigenvalue weighted by Crippen LogP contribution is 2.29. The molecule has 4 rings (SSSR count). The van der Waals surface area contributed by atoms with Crippen LogP contribution in [0, 0.1) is 13.8 Å². The zero-order valence-corrected chi connectivity index (χ0v) is 18.0. The fourth-order valence-corrected chi connectivity index (χ4v) is 4.94. The van der Waals surface area contributed by atoms with Crippen molar-refractivity contribution >= 4 is 44.4 Å². The van der Waals surface area contributed by atoms with Crippen LogP contribution in [0.15, 0.2) is 65.6 Å². The average Bonchev–Trinajstić information content (AvgIpc) is 3.29. The van der Waals surface area contributed by atoms with Crippen molar-refractivity contribution in [3.05, 3.63) is 72.1 Å². The predicted molar refractivity (Wildman–Crippen MR) is 121 cm³/mol. The van der Waals surface area contributed by atoms with Crippen molar-refractivity contribution < 1.29 is 4.79 Å². The summed E-state index contributed by atoms with van der Waals surface area (Å²) in [5.74, 6) is 0.427. The SMILES string of the molecule is Cc1cc(C)n(CCN(C(=O)CSc2ccccc2)c2nc3ccccc3s2)n1. The van der Waals surface area contributed by atoms with Gasteiger partial charge in [0.15, 0.2) is 5.13 Å². The van der Waals surface area contributed by atoms with Crippen molar-refractivity contribution in [2.45, 2.75) is 25.3 Å². The van der Waals surface area contributed by atoms with Crippen LogP contribution >= 0.6 is 23.1 Å². The molecule has 4 aromatic rings. The Kier molecular flexibility index (Phi) is 5.97. The highest BCUT2D eigenvalue weighted by Gasteiger charge is 2.20. The zero-order chi connectivity index (χ0) is 20.2. The maximum absolute atomic E-state index is 13.1. The lowest BCUT2D eigenvalue weighted by Crippen LogP contribution is -2.35. The number of nitrogens with zero attached hydrogens (tertiary/aromatic N) is 4. The van der Waals surface area contributed by atoms with E-state index < -0.39 is 0 Å². The van der Waals surface area contributed by atoms with E-state index in [2.05, 4.69) is 11.2 Å². The Labute approximate surface area is 178 Å². The summed E-state index contributed by atoms with van der Waals surface area (Å²) < 4.78 is 3.04. The quantitative estimate of drug-likeness (QED) is 0.396. The van der Waals surface area contributed by atoms with Crippen LogP contribution in [-0.2, 0) is 11.3 Å². The molecule has 0 spiro atoms. The molecular formula is C22H22N4OS2. The van der Waals surface area contributed by atoms with Gasteiger partial charge in [-0.25, -0.2) is 4.98 Å². The monoisotopic (exact) mass is 422 g/mol. The third-order valence-corrected chi connectivity index (χ3v) is 6.62. The molecule has 0 unspecified atom stereocenters. The van der Waals surface area contributed by atoms with Crippen molar-refractivity contribution in [2.24, 2.45) is 0 Å². The standard InChI is InChI=1S/C22H22N4OS2/c1-16-14-17(2)26(24-16)13-12-25(21(27)15-28-18-8-4-3-5-9-18)22-23-19-10-6-7-11-20(19)29-22/h3-11,14H,12-13,15H2,1-2H3. The summed E-state index contributed by atoms with van der Waals surface area (Å²) in [6, 6.07) is 20.0. The number of carbonyl (C=O) groups excluding carboxylic acids is 1. The number of thiazole rings is 1. The van der Waals surface area contributed by atoms with Crippen LogP contribution < -0.4 is 4.90 Å². The van der Waals surface area contributed by atoms with E-state index in [4.69, 9.17) is 4.98 Å². The Morgan fingerprint density at radius 3 is 2.59 bits per heavy atom. The highest BCUT2D eigenvalue weighted by molar-refractivity contribution is 8.00. The van der Waals surface area contributed by atoms with Gasteiger partial charge >= 0.3 is 0 Å². The molecule has 148 valence electrons. The normalized spacial score (nSPS) is 11.1. The second-order valence-corrected chi connectivity index (χ2v) is 8.82. The largest absolute Gasteiger partial charge is 0.285 e. The minimum absolute atomic E-state index is 0.0550. The van der Waals surface area contributed by atoms with Crippen LogP contribution in [0.25, 0.3) is 10.2 Å². The van der Waals surface area contributed by atoms with E-state index in [1.807, 2.05) is 73.1 Å². The summed E-state index contributed by atoms with van der Waals surface area (Å²) in [5.41, 5.74) is 3.00. The Balaban J connectivity index is 1.55. The first-order valence-electron chi connectivity index (χ1n) is 9.45. The van der Waals surface area contributed by atoms with E-state index in [-0.39, 0.29) is 5.91 Å². The molecule has 0 N–H and O–H groups in total. The Morgan fingerprint density at radius 2 is 1.86 bits per heavy atom. The van der Waals surface area contributed by atoms with E-state index in [1.54, 1.807) is 28.0 Å². The van der Waals surface area contributed by atoms with Gasteiger partial charge in [0.25, 0.3) is 0 Å². The van der Waals surface area contributed by atoms with E-state index in [9.17, 15) is 4.79 Å². The molecule has 7 heteroatoms. The first kappa shape index (κ1) is 19.7. The molecule has 0 radical (unpaired) electrons. The summed E-state index contributed by atoms with van der Waals surface area (Å²) in [6.07, 6.45) is 0. The van der Waals surface area contributed by atoms with Crippen molar-refractivity contribution in [2.75, 3.05) is 17.2 Å². The van der Waals surface area contributed by atoms with E-state index >= 15 is 0 Å². The van der Waals surface area contributed by atoms with Gasteiger partial charge in [-0.05, 0) is 44.2 Å². The average molecular weight is 423 g/mol. The number of benzene rings is 2. The van der Waals surface area contributed by atoms with Crippen molar-refractivity contribution in [3.8, 4) is 0 Å². The van der Waals surface area contributed by atoms with Gasteiger partial charge < -0.3 is 0 Å². The van der Waals surface area contributed by atoms with Gasteiger partial charge in [-0.1, -0.05) is 41.7 Å². The minimum atomic E-state index is 0.0550. The molecule has 2 aromatic carbocycles. The molecule has 0 atom stereocenters. The van der Waals surface area contributed by atoms with Crippen molar-refractivity contribution in [1.82, 2.24) is 14.8 Å². The van der Waals surface area contributed by atoms with Gasteiger partial charge in [0, 0.05) is 17.1 Å². The van der Waals surface area contributed by atoms with Gasteiger partial charge in [0.2, 0.25) is 5.91 Å². The summed E-state index contributed by atoms with van der Waals surface area (Å²) >= 11 is 3.11. The molecule has 0 fully saturated rings. The fraction of sp³-hybridized carbons (Fsp3) is 0.227. The maximum Gasteiger partial charge on any atom is 0.239 e. The number of fused-ring (bicyclic) bond motifs is 1. The number of carbonyl (C=O) groups is 1. The summed E-state index contributed by atoms with van der Waals surface area (Å²) in [6.45, 7) is 5.19. The lowest BCUT2D eigenvalue weighted by molar-refractivity contribution is -0.116. The lowest BCUT2D eigenvalue weighted by atomic mass is 10.3. The molecule has 1 amide bonds. The van der Waals surface area contributed by atoms with Crippen LogP contribution in [0.1, 0.15) is 11.4 Å². The molecular weight excluding hydrogens is 400 g/mol. The Hall–Kier alpha value is -2.64. The summed E-state index contributed by atoms with van der Waals surface area (Å²) in [5, 5.41) is 5.27. The number of anilines is 1. The van der Waals surface area contributed by atoms with Crippen molar-refractivity contribution in [3.63, 3.8) is 0 Å². The zero-order valence-electron chi connectivity index (χ0n) is 16.4. The first-order chi connectivity index (χ1) is 14.1. The Bertz CT molecular complexity index is 1090. The van der Waals surface area contributed by atoms with Crippen LogP contribution in [0.4, 0.5) is 5.13 Å². The van der Waals surface area contributed by atoms with Crippen LogP contribution in [0.3, 0.4) is 0 Å². The third-order valence-electron chi connectivity index (χ3n) is 4.56. The van der Waals surface area contributed by atoms with Gasteiger partial charge in [-0.3, -0.25) is 14.4 Å². The van der Waals surface area contributed by atoms with Crippen molar-refractivity contribution in [1.29, 1.82) is 0 Å². The molecule has 0 bridgehead atoms. The molecule has 0 saturated heterocycles. The van der Waals surface area contributed by atoms with Crippen LogP contribution in [-0.4, -0.2) is 33.0 Å². The number of hydrogen-bond donors (Lipinski definition) is 0. The van der Waals surface area contributed by atoms with Gasteiger partial charge in [-0.15, -0.1) is 11.8 Å². The number of rotatable bonds is 7. The molecule has 0 aliphatic heterocycles. The van der Waals surface area contributed by atoms with Gasteiger partial charge in [0.05, 0.1) is 28.2 Å². The lowest BCUT2D eigenvalue weighted by Gasteiger charge is -2.20. The first-order valence-corrected chi connectivity index (χ1v) is 11.3. The van der Waals surface area contributed by atoms with E-state index in [0.717, 1.165) is 31.6 Å². The second kappa shape index (κ2) is 8.80. The summed E-state index contributed by atoms with van der Waals surface area (Å²) in [4.78, 5) is 20.8. The number of thioether (sulfide) groups is 1. The smallest absolute Gasteiger partial charge is 0.239 e. The number of hydrogen-bond acceptors (Lipinski definition) is 5. The number of aryl methyl sites for hydroxylation is 2. The molecule has 0 aliphatic rings. The minimum Gasteiger partial charge on any atom is -0.285 e. The second-order valence-electron chi connectivity index (χ2n) is 6.76. The van der Waals surface area contributed by atoms with Crippen LogP contribution in [0.2, 0.25) is 0 Å². The van der Waals surface area contributed by atoms with Crippen LogP contribution in [0.5, 0.6) is 0 Å².